The number of alkyl halides is 1. The van der Waals surface area contributed by atoms with Gasteiger partial charge in [-0.1, -0.05) is 0 Å². The number of anilines is 1. The molecule has 6 nitrogen and oxygen atoms in total. The summed E-state index contributed by atoms with van der Waals surface area (Å²) in [5.41, 5.74) is -0.193. The number of methoxy groups -OCH3 is 2. The van der Waals surface area contributed by atoms with Gasteiger partial charge in [0, 0.05) is 0 Å². The monoisotopic (exact) mass is 315 g/mol. The lowest BCUT2D eigenvalue weighted by Gasteiger charge is -2.21. The summed E-state index contributed by atoms with van der Waals surface area (Å²) in [6.45, 7) is 4.23. The normalized spacial score (nSPS) is 12.5. The van der Waals surface area contributed by atoms with E-state index in [1.54, 1.807) is 20.8 Å². The van der Waals surface area contributed by atoms with E-state index in [0.717, 1.165) is 0 Å². The second-order valence-corrected chi connectivity index (χ2v) is 5.60. The van der Waals surface area contributed by atoms with Crippen molar-refractivity contribution in [3.05, 3.63) is 17.7 Å². The molecule has 1 aromatic rings. The van der Waals surface area contributed by atoms with Crippen LogP contribution in [-0.2, 0) is 4.74 Å². The molecular formula is C15H22FNO5. The standard InChI is InChI=1S/C15H22FNO5/c1-15(2,3)22-14(19)17-10-6-9(11(18)8-16)7-12(20-4)13(10)21-5/h6-7,11,18H,8H2,1-5H3,(H,17,19). The Bertz CT molecular complexity index is 527. The van der Waals surface area contributed by atoms with E-state index in [4.69, 9.17) is 14.2 Å². The van der Waals surface area contributed by atoms with Gasteiger partial charge in [0.25, 0.3) is 0 Å². The van der Waals surface area contributed by atoms with Crippen LogP contribution in [0.2, 0.25) is 0 Å². The summed E-state index contributed by atoms with van der Waals surface area (Å²) in [4.78, 5) is 11.9. The van der Waals surface area contributed by atoms with Gasteiger partial charge in [0.05, 0.1) is 19.9 Å². The lowest BCUT2D eigenvalue weighted by Crippen LogP contribution is -2.27. The summed E-state index contributed by atoms with van der Waals surface area (Å²) in [6.07, 6.45) is -2.02. The molecule has 1 unspecified atom stereocenters. The molecule has 1 rings (SSSR count). The maximum absolute atomic E-state index is 12.7. The van der Waals surface area contributed by atoms with Crippen molar-refractivity contribution in [2.24, 2.45) is 0 Å². The van der Waals surface area contributed by atoms with Gasteiger partial charge in [0.2, 0.25) is 0 Å². The number of carbonyl (C=O) groups is 1. The Morgan fingerprint density at radius 1 is 1.32 bits per heavy atom. The minimum atomic E-state index is -1.32. The molecule has 2 N–H and O–H groups in total. The number of carbonyl (C=O) groups excluding carboxylic acids is 1. The van der Waals surface area contributed by atoms with Gasteiger partial charge in [-0.3, -0.25) is 5.32 Å². The van der Waals surface area contributed by atoms with Crippen molar-refractivity contribution in [1.82, 2.24) is 0 Å². The van der Waals surface area contributed by atoms with Crippen LogP contribution < -0.4 is 14.8 Å². The Morgan fingerprint density at radius 3 is 2.41 bits per heavy atom. The van der Waals surface area contributed by atoms with Crippen molar-refractivity contribution in [3.63, 3.8) is 0 Å². The minimum Gasteiger partial charge on any atom is -0.493 e. The number of nitrogens with one attached hydrogen (secondary N) is 1. The Hall–Kier alpha value is -2.02. The highest BCUT2D eigenvalue weighted by atomic mass is 19.1. The Kier molecular flexibility index (Phi) is 5.99. The predicted octanol–water partition coefficient (Wildman–Crippen LogP) is 3.05. The molecule has 124 valence electrons. The highest BCUT2D eigenvalue weighted by molar-refractivity contribution is 5.88. The summed E-state index contributed by atoms with van der Waals surface area (Å²) >= 11 is 0. The average molecular weight is 315 g/mol. The van der Waals surface area contributed by atoms with Crippen molar-refractivity contribution < 1.29 is 28.5 Å². The summed E-state index contributed by atoms with van der Waals surface area (Å²) in [7, 11) is 2.81. The lowest BCUT2D eigenvalue weighted by molar-refractivity contribution is 0.0635. The van der Waals surface area contributed by atoms with E-state index in [-0.39, 0.29) is 22.7 Å². The van der Waals surface area contributed by atoms with Gasteiger partial charge in [-0.05, 0) is 38.5 Å². The van der Waals surface area contributed by atoms with Gasteiger partial charge < -0.3 is 19.3 Å². The third kappa shape index (κ3) is 4.77. The molecule has 0 spiro atoms. The topological polar surface area (TPSA) is 77.0 Å². The lowest BCUT2D eigenvalue weighted by atomic mass is 10.1. The van der Waals surface area contributed by atoms with E-state index in [1.165, 1.54) is 26.4 Å². The zero-order valence-electron chi connectivity index (χ0n) is 13.4. The van der Waals surface area contributed by atoms with Gasteiger partial charge in [-0.25, -0.2) is 9.18 Å². The molecule has 0 saturated carbocycles. The molecule has 0 aromatic heterocycles. The fraction of sp³-hybridized carbons (Fsp3) is 0.533. The van der Waals surface area contributed by atoms with Crippen LogP contribution in [0.3, 0.4) is 0 Å². The highest BCUT2D eigenvalue weighted by Crippen LogP contribution is 2.38. The van der Waals surface area contributed by atoms with Crippen molar-refractivity contribution in [3.8, 4) is 11.5 Å². The third-order valence-electron chi connectivity index (χ3n) is 2.67. The first-order chi connectivity index (χ1) is 10.2. The number of ether oxygens (including phenoxy) is 3. The number of hydrogen-bond acceptors (Lipinski definition) is 5. The number of amides is 1. The fourth-order valence-corrected chi connectivity index (χ4v) is 1.77. The molecule has 0 fully saturated rings. The summed E-state index contributed by atoms with van der Waals surface area (Å²) in [5, 5.41) is 12.2. The molecule has 22 heavy (non-hydrogen) atoms. The zero-order chi connectivity index (χ0) is 16.9. The average Bonchev–Trinajstić information content (AvgIpc) is 2.43. The van der Waals surface area contributed by atoms with Crippen LogP contribution in [0.1, 0.15) is 32.4 Å². The van der Waals surface area contributed by atoms with Crippen LogP contribution in [0.4, 0.5) is 14.9 Å². The van der Waals surface area contributed by atoms with Crippen molar-refractivity contribution in [1.29, 1.82) is 0 Å². The Balaban J connectivity index is 3.17. The largest absolute Gasteiger partial charge is 0.493 e. The second-order valence-electron chi connectivity index (χ2n) is 5.60. The Labute approximate surface area is 129 Å². The van der Waals surface area contributed by atoms with E-state index in [0.29, 0.717) is 0 Å². The Morgan fingerprint density at radius 2 is 1.95 bits per heavy atom. The molecule has 0 radical (unpaired) electrons. The van der Waals surface area contributed by atoms with E-state index in [1.807, 2.05) is 0 Å². The van der Waals surface area contributed by atoms with Gasteiger partial charge in [-0.15, -0.1) is 0 Å². The number of aliphatic hydroxyl groups excluding tert-OH is 1. The molecule has 0 aliphatic rings. The molecule has 0 bridgehead atoms. The number of rotatable bonds is 5. The van der Waals surface area contributed by atoms with Crippen LogP contribution in [0.25, 0.3) is 0 Å². The van der Waals surface area contributed by atoms with Crippen LogP contribution in [0.5, 0.6) is 11.5 Å². The first-order valence-corrected chi connectivity index (χ1v) is 6.71. The van der Waals surface area contributed by atoms with Gasteiger partial charge in [-0.2, -0.15) is 0 Å². The van der Waals surface area contributed by atoms with E-state index >= 15 is 0 Å². The molecule has 0 saturated heterocycles. The first-order valence-electron chi connectivity index (χ1n) is 6.71. The van der Waals surface area contributed by atoms with Gasteiger partial charge in [0.15, 0.2) is 11.5 Å². The number of hydrogen-bond donors (Lipinski definition) is 2. The van der Waals surface area contributed by atoms with Crippen LogP contribution in [0, 0.1) is 0 Å². The molecule has 0 aliphatic heterocycles. The maximum Gasteiger partial charge on any atom is 0.412 e. The predicted molar refractivity (Wildman–Crippen MR) is 80.3 cm³/mol. The molecule has 7 heteroatoms. The van der Waals surface area contributed by atoms with E-state index in [2.05, 4.69) is 5.32 Å². The van der Waals surface area contributed by atoms with E-state index in [9.17, 15) is 14.3 Å². The van der Waals surface area contributed by atoms with Crippen LogP contribution >= 0.6 is 0 Å². The zero-order valence-corrected chi connectivity index (χ0v) is 13.4. The summed E-state index contributed by atoms with van der Waals surface area (Å²) < 4.78 is 28.2. The molecule has 1 atom stereocenters. The smallest absolute Gasteiger partial charge is 0.412 e. The molecule has 1 amide bonds. The second kappa shape index (κ2) is 7.31. The molecule has 0 aliphatic carbocycles. The van der Waals surface area contributed by atoms with Crippen LogP contribution in [0.15, 0.2) is 12.1 Å². The quantitative estimate of drug-likeness (QED) is 0.873. The van der Waals surface area contributed by atoms with E-state index < -0.39 is 24.5 Å². The summed E-state index contributed by atoms with van der Waals surface area (Å²) in [6, 6.07) is 2.86. The summed E-state index contributed by atoms with van der Waals surface area (Å²) in [5.74, 6) is 0.515. The molecule has 1 aromatic carbocycles. The van der Waals surface area contributed by atoms with Crippen molar-refractivity contribution in [2.45, 2.75) is 32.5 Å². The molecule has 0 heterocycles. The third-order valence-corrected chi connectivity index (χ3v) is 2.67. The number of halogens is 1. The number of benzene rings is 1. The van der Waals surface area contributed by atoms with Crippen molar-refractivity contribution >= 4 is 11.8 Å². The number of aliphatic hydroxyl groups is 1. The SMILES string of the molecule is COc1cc(C(O)CF)cc(NC(=O)OC(C)(C)C)c1OC. The van der Waals surface area contributed by atoms with Gasteiger partial charge >= 0.3 is 6.09 Å². The highest BCUT2D eigenvalue weighted by Gasteiger charge is 2.21. The van der Waals surface area contributed by atoms with Gasteiger partial charge in [0.1, 0.15) is 18.4 Å². The van der Waals surface area contributed by atoms with Crippen LogP contribution in [-0.4, -0.2) is 37.7 Å². The fourth-order valence-electron chi connectivity index (χ4n) is 1.77. The maximum atomic E-state index is 12.7. The minimum absolute atomic E-state index is 0.221. The molecular weight excluding hydrogens is 293 g/mol. The first kappa shape index (κ1) is 18.0. The van der Waals surface area contributed by atoms with Crippen molar-refractivity contribution in [2.75, 3.05) is 26.2 Å².